The summed E-state index contributed by atoms with van der Waals surface area (Å²) in [6.07, 6.45) is 2.98. The third-order valence-corrected chi connectivity index (χ3v) is 4.34. The number of nitrogens with one attached hydrogen (secondary N) is 1. The largest absolute Gasteiger partial charge is 0.454 e. The van der Waals surface area contributed by atoms with E-state index in [0.717, 1.165) is 11.1 Å². The number of benzene rings is 1. The summed E-state index contributed by atoms with van der Waals surface area (Å²) in [5.74, 6) is 0.856. The number of carbonyl (C=O) groups is 1. The van der Waals surface area contributed by atoms with Gasteiger partial charge in [0.05, 0.1) is 6.04 Å². The summed E-state index contributed by atoms with van der Waals surface area (Å²) in [4.78, 5) is 29.4. The second kappa shape index (κ2) is 6.18. The zero-order valence-electron chi connectivity index (χ0n) is 14.4. The number of pyridine rings is 1. The van der Waals surface area contributed by atoms with Gasteiger partial charge >= 0.3 is 0 Å². The van der Waals surface area contributed by atoms with Crippen LogP contribution in [-0.2, 0) is 0 Å². The van der Waals surface area contributed by atoms with Crippen LogP contribution in [0.2, 0.25) is 0 Å². The maximum Gasteiger partial charge on any atom is 0.270 e. The Morgan fingerprint density at radius 1 is 1.23 bits per heavy atom. The molecule has 1 atom stereocenters. The van der Waals surface area contributed by atoms with Gasteiger partial charge in [-0.05, 0) is 43.2 Å². The van der Waals surface area contributed by atoms with E-state index in [1.807, 2.05) is 32.0 Å². The van der Waals surface area contributed by atoms with E-state index >= 15 is 0 Å². The molecule has 1 aromatic carbocycles. The third kappa shape index (κ3) is 2.77. The molecule has 0 radical (unpaired) electrons. The highest BCUT2D eigenvalue weighted by atomic mass is 16.7. The Bertz CT molecular complexity index is 1070. The molecule has 1 amide bonds. The van der Waals surface area contributed by atoms with Gasteiger partial charge in [0, 0.05) is 12.4 Å². The fourth-order valence-corrected chi connectivity index (χ4v) is 2.88. The van der Waals surface area contributed by atoms with Crippen LogP contribution in [0.5, 0.6) is 11.5 Å². The molecule has 0 aliphatic carbocycles. The van der Waals surface area contributed by atoms with Crippen LogP contribution in [0.1, 0.15) is 34.5 Å². The van der Waals surface area contributed by atoms with Gasteiger partial charge in [0.2, 0.25) is 6.79 Å². The molecule has 0 saturated carbocycles. The molecule has 7 heteroatoms. The van der Waals surface area contributed by atoms with Gasteiger partial charge in [-0.1, -0.05) is 12.1 Å². The fraction of sp³-hybridized carbons (Fsp3) is 0.211. The zero-order valence-corrected chi connectivity index (χ0v) is 14.4. The summed E-state index contributed by atoms with van der Waals surface area (Å²) in [5, 5.41) is 2.84. The van der Waals surface area contributed by atoms with Crippen molar-refractivity contribution < 1.29 is 14.3 Å². The van der Waals surface area contributed by atoms with Crippen LogP contribution >= 0.6 is 0 Å². The Labute approximate surface area is 149 Å². The van der Waals surface area contributed by atoms with Crippen molar-refractivity contribution in [2.75, 3.05) is 6.79 Å². The van der Waals surface area contributed by atoms with Crippen molar-refractivity contribution in [1.29, 1.82) is 0 Å². The molecule has 0 bridgehead atoms. The predicted molar refractivity (Wildman–Crippen MR) is 94.6 cm³/mol. The van der Waals surface area contributed by atoms with E-state index < -0.39 is 11.5 Å². The number of hydrogen-bond donors (Lipinski definition) is 1. The fourth-order valence-electron chi connectivity index (χ4n) is 2.88. The van der Waals surface area contributed by atoms with Gasteiger partial charge in [-0.15, -0.1) is 0 Å². The molecular weight excluding hydrogens is 334 g/mol. The molecule has 1 aliphatic rings. The highest BCUT2D eigenvalue weighted by Gasteiger charge is 2.19. The lowest BCUT2D eigenvalue weighted by Gasteiger charge is -2.15. The minimum atomic E-state index is -0.469. The first-order chi connectivity index (χ1) is 12.5. The number of ether oxygens (including phenoxy) is 2. The number of carbonyl (C=O) groups excluding carboxylic acids is 1. The van der Waals surface area contributed by atoms with E-state index in [1.165, 1.54) is 10.6 Å². The quantitative estimate of drug-likeness (QED) is 0.782. The topological polar surface area (TPSA) is 81.9 Å². The standard InChI is InChI=1S/C19H17N3O4/c1-11-3-6-17-20-8-14(19(24)22(17)9-11)18(23)21-12(2)13-4-5-15-16(7-13)26-10-25-15/h3-9,12H,10H2,1-2H3,(H,21,23). The first kappa shape index (κ1) is 16.1. The van der Waals surface area contributed by atoms with E-state index in [1.54, 1.807) is 18.3 Å². The highest BCUT2D eigenvalue weighted by Crippen LogP contribution is 2.34. The Balaban J connectivity index is 1.61. The SMILES string of the molecule is Cc1ccc2ncc(C(=O)NC(C)c3ccc4c(c3)OCO4)c(=O)n2c1. The Hall–Kier alpha value is -3.35. The van der Waals surface area contributed by atoms with Gasteiger partial charge in [-0.25, -0.2) is 4.98 Å². The highest BCUT2D eigenvalue weighted by molar-refractivity contribution is 5.94. The van der Waals surface area contributed by atoms with Crippen molar-refractivity contribution in [3.8, 4) is 11.5 Å². The van der Waals surface area contributed by atoms with Crippen LogP contribution in [0.15, 0.2) is 47.5 Å². The molecule has 7 nitrogen and oxygen atoms in total. The maximum atomic E-state index is 12.6. The van der Waals surface area contributed by atoms with Crippen LogP contribution in [0.4, 0.5) is 0 Å². The lowest BCUT2D eigenvalue weighted by molar-refractivity contribution is 0.0937. The second-order valence-corrected chi connectivity index (χ2v) is 6.22. The normalized spacial score (nSPS) is 13.6. The summed E-state index contributed by atoms with van der Waals surface area (Å²) in [6.45, 7) is 3.91. The van der Waals surface area contributed by atoms with E-state index in [0.29, 0.717) is 17.1 Å². The Morgan fingerprint density at radius 2 is 2.04 bits per heavy atom. The average molecular weight is 351 g/mol. The summed E-state index contributed by atoms with van der Waals surface area (Å²) in [5.41, 5.74) is 1.87. The first-order valence-corrected chi connectivity index (χ1v) is 8.21. The summed E-state index contributed by atoms with van der Waals surface area (Å²) in [7, 11) is 0. The number of aryl methyl sites for hydroxylation is 1. The molecule has 0 spiro atoms. The molecule has 132 valence electrons. The number of amides is 1. The number of rotatable bonds is 3. The van der Waals surface area contributed by atoms with Gasteiger partial charge in [-0.2, -0.15) is 0 Å². The number of aromatic nitrogens is 2. The van der Waals surface area contributed by atoms with Crippen molar-refractivity contribution in [2.45, 2.75) is 19.9 Å². The summed E-state index contributed by atoms with van der Waals surface area (Å²) in [6, 6.07) is 8.77. The first-order valence-electron chi connectivity index (χ1n) is 8.21. The van der Waals surface area contributed by atoms with Crippen LogP contribution in [0, 0.1) is 6.92 Å². The minimum absolute atomic E-state index is 0.000642. The molecule has 1 aliphatic heterocycles. The molecule has 0 fully saturated rings. The molecule has 3 heterocycles. The van der Waals surface area contributed by atoms with Crippen molar-refractivity contribution in [3.63, 3.8) is 0 Å². The minimum Gasteiger partial charge on any atom is -0.454 e. The Kier molecular flexibility index (Phi) is 3.84. The number of fused-ring (bicyclic) bond motifs is 2. The van der Waals surface area contributed by atoms with Crippen molar-refractivity contribution >= 4 is 11.6 Å². The van der Waals surface area contributed by atoms with Gasteiger partial charge in [0.15, 0.2) is 11.5 Å². The van der Waals surface area contributed by atoms with Crippen molar-refractivity contribution in [2.24, 2.45) is 0 Å². The smallest absolute Gasteiger partial charge is 0.270 e. The van der Waals surface area contributed by atoms with E-state index in [9.17, 15) is 9.59 Å². The van der Waals surface area contributed by atoms with E-state index in [-0.39, 0.29) is 18.4 Å². The average Bonchev–Trinajstić information content (AvgIpc) is 3.10. The molecule has 26 heavy (non-hydrogen) atoms. The Morgan fingerprint density at radius 3 is 2.88 bits per heavy atom. The molecule has 4 rings (SSSR count). The van der Waals surface area contributed by atoms with Crippen LogP contribution in [0.25, 0.3) is 5.65 Å². The molecule has 3 aromatic rings. The summed E-state index contributed by atoms with van der Waals surface area (Å²) >= 11 is 0. The molecule has 1 N–H and O–H groups in total. The van der Waals surface area contributed by atoms with Gasteiger partial charge in [-0.3, -0.25) is 14.0 Å². The molecule has 1 unspecified atom stereocenters. The zero-order chi connectivity index (χ0) is 18.3. The van der Waals surface area contributed by atoms with Crippen LogP contribution in [0.3, 0.4) is 0 Å². The molecule has 0 saturated heterocycles. The van der Waals surface area contributed by atoms with Crippen molar-refractivity contribution in [1.82, 2.24) is 14.7 Å². The molecular formula is C19H17N3O4. The van der Waals surface area contributed by atoms with Crippen LogP contribution in [-0.4, -0.2) is 22.1 Å². The van der Waals surface area contributed by atoms with E-state index in [4.69, 9.17) is 9.47 Å². The van der Waals surface area contributed by atoms with Gasteiger partial charge in [0.25, 0.3) is 11.5 Å². The van der Waals surface area contributed by atoms with Gasteiger partial charge in [0.1, 0.15) is 11.2 Å². The number of nitrogens with zero attached hydrogens (tertiary/aromatic N) is 2. The maximum absolute atomic E-state index is 12.6. The molecule has 2 aromatic heterocycles. The predicted octanol–water partition coefficient (Wildman–Crippen LogP) is 2.22. The lowest BCUT2D eigenvalue weighted by Crippen LogP contribution is -2.33. The van der Waals surface area contributed by atoms with Gasteiger partial charge < -0.3 is 14.8 Å². The third-order valence-electron chi connectivity index (χ3n) is 4.34. The van der Waals surface area contributed by atoms with E-state index in [2.05, 4.69) is 10.3 Å². The second-order valence-electron chi connectivity index (χ2n) is 6.22. The number of hydrogen-bond acceptors (Lipinski definition) is 5. The van der Waals surface area contributed by atoms with Crippen LogP contribution < -0.4 is 20.3 Å². The van der Waals surface area contributed by atoms with Crippen molar-refractivity contribution in [3.05, 3.63) is 69.8 Å². The lowest BCUT2D eigenvalue weighted by atomic mass is 10.1. The monoisotopic (exact) mass is 351 g/mol. The summed E-state index contributed by atoms with van der Waals surface area (Å²) < 4.78 is 12.0.